The second kappa shape index (κ2) is 6.16. The Hall–Kier alpha value is -2.41. The summed E-state index contributed by atoms with van der Waals surface area (Å²) >= 11 is 0. The number of anilines is 1. The van der Waals surface area contributed by atoms with Crippen LogP contribution in [0.4, 0.5) is 5.69 Å². The monoisotopic (exact) mass is 276 g/mol. The van der Waals surface area contributed by atoms with Crippen LogP contribution in [-0.4, -0.2) is 36.9 Å². The molecule has 2 rings (SSSR count). The van der Waals surface area contributed by atoms with E-state index < -0.39 is 11.9 Å². The lowest BCUT2D eigenvalue weighted by Gasteiger charge is -2.23. The Bertz CT molecular complexity index is 517. The van der Waals surface area contributed by atoms with Crippen LogP contribution in [0, 0.1) is 0 Å². The molecule has 106 valence electrons. The van der Waals surface area contributed by atoms with E-state index in [1.165, 1.54) is 0 Å². The Morgan fingerprint density at radius 1 is 1.30 bits per heavy atom. The van der Waals surface area contributed by atoms with Crippen LogP contribution in [-0.2, 0) is 20.8 Å². The number of carbonyl (C=O) groups is 3. The maximum atomic E-state index is 11.9. The number of rotatable bonds is 4. The van der Waals surface area contributed by atoms with Crippen LogP contribution in [0.25, 0.3) is 0 Å². The summed E-state index contributed by atoms with van der Waals surface area (Å²) in [6.07, 6.45) is 0.171. The van der Waals surface area contributed by atoms with Gasteiger partial charge in [-0.25, -0.2) is 0 Å². The molecule has 1 aromatic carbocycles. The van der Waals surface area contributed by atoms with Crippen molar-refractivity contribution in [1.82, 2.24) is 10.6 Å². The molecular formula is C13H16N4O3. The smallest absolute Gasteiger partial charge is 0.243 e. The van der Waals surface area contributed by atoms with Gasteiger partial charge in [-0.3, -0.25) is 19.7 Å². The van der Waals surface area contributed by atoms with Gasteiger partial charge in [0.1, 0.15) is 6.04 Å². The molecule has 0 aromatic heterocycles. The molecule has 1 saturated heterocycles. The van der Waals surface area contributed by atoms with E-state index in [0.29, 0.717) is 5.69 Å². The van der Waals surface area contributed by atoms with E-state index in [2.05, 4.69) is 16.0 Å². The van der Waals surface area contributed by atoms with Crippen LogP contribution in [0.2, 0.25) is 0 Å². The number of primary amides is 1. The van der Waals surface area contributed by atoms with E-state index in [1.54, 1.807) is 24.3 Å². The number of piperazine rings is 1. The fourth-order valence-electron chi connectivity index (χ4n) is 1.89. The number of carbonyl (C=O) groups excluding carboxylic acids is 3. The largest absolute Gasteiger partial charge is 0.369 e. The van der Waals surface area contributed by atoms with Crippen molar-refractivity contribution in [2.24, 2.45) is 5.73 Å². The van der Waals surface area contributed by atoms with E-state index in [0.717, 1.165) is 5.56 Å². The third-order valence-corrected chi connectivity index (χ3v) is 2.93. The standard InChI is InChI=1S/C13H16N4O3/c14-11(18)5-8-1-3-9(4-2-8)17-13(20)10-6-16-12(19)7-15-10/h1-4,10,15H,5-7H2,(H2,14,18)(H,16,19)(H,17,20). The van der Waals surface area contributed by atoms with Gasteiger partial charge in [0.25, 0.3) is 0 Å². The summed E-state index contributed by atoms with van der Waals surface area (Å²) in [6.45, 7) is 0.403. The molecule has 7 heteroatoms. The topological polar surface area (TPSA) is 113 Å². The lowest BCUT2D eigenvalue weighted by Crippen LogP contribution is -2.56. The van der Waals surface area contributed by atoms with Crippen LogP contribution in [0.3, 0.4) is 0 Å². The maximum Gasteiger partial charge on any atom is 0.243 e. The zero-order valence-electron chi connectivity index (χ0n) is 10.8. The molecule has 7 nitrogen and oxygen atoms in total. The Morgan fingerprint density at radius 2 is 2.00 bits per heavy atom. The molecule has 20 heavy (non-hydrogen) atoms. The van der Waals surface area contributed by atoms with Gasteiger partial charge in [-0.15, -0.1) is 0 Å². The predicted octanol–water partition coefficient (Wildman–Crippen LogP) is -1.26. The molecule has 5 N–H and O–H groups in total. The van der Waals surface area contributed by atoms with Crippen LogP contribution < -0.4 is 21.7 Å². The summed E-state index contributed by atoms with van der Waals surface area (Å²) < 4.78 is 0. The molecule has 0 aliphatic carbocycles. The average Bonchev–Trinajstić information content (AvgIpc) is 2.41. The van der Waals surface area contributed by atoms with Gasteiger partial charge in [-0.1, -0.05) is 12.1 Å². The fourth-order valence-corrected chi connectivity index (χ4v) is 1.89. The van der Waals surface area contributed by atoms with Gasteiger partial charge in [-0.2, -0.15) is 0 Å². The van der Waals surface area contributed by atoms with Gasteiger partial charge in [-0.05, 0) is 17.7 Å². The van der Waals surface area contributed by atoms with Gasteiger partial charge in [0.15, 0.2) is 0 Å². The highest BCUT2D eigenvalue weighted by atomic mass is 16.2. The highest BCUT2D eigenvalue weighted by Crippen LogP contribution is 2.10. The highest BCUT2D eigenvalue weighted by molar-refractivity contribution is 5.96. The van der Waals surface area contributed by atoms with Gasteiger partial charge in [0.05, 0.1) is 13.0 Å². The first-order chi connectivity index (χ1) is 9.54. The number of nitrogens with two attached hydrogens (primary N) is 1. The van der Waals surface area contributed by atoms with E-state index in [-0.39, 0.29) is 31.3 Å². The summed E-state index contributed by atoms with van der Waals surface area (Å²) in [6, 6.07) is 6.43. The van der Waals surface area contributed by atoms with Crippen molar-refractivity contribution in [3.63, 3.8) is 0 Å². The minimum Gasteiger partial charge on any atom is -0.369 e. The lowest BCUT2D eigenvalue weighted by atomic mass is 10.1. The number of hydrogen-bond donors (Lipinski definition) is 4. The summed E-state index contributed by atoms with van der Waals surface area (Å²) in [5.41, 5.74) is 6.52. The predicted molar refractivity (Wildman–Crippen MR) is 72.8 cm³/mol. The Labute approximate surface area is 115 Å². The minimum atomic E-state index is -0.446. The van der Waals surface area contributed by atoms with Crippen molar-refractivity contribution in [3.05, 3.63) is 29.8 Å². The molecular weight excluding hydrogens is 260 g/mol. The van der Waals surface area contributed by atoms with Crippen LogP contribution >= 0.6 is 0 Å². The second-order valence-electron chi connectivity index (χ2n) is 4.57. The van der Waals surface area contributed by atoms with Gasteiger partial charge < -0.3 is 16.4 Å². The first-order valence-electron chi connectivity index (χ1n) is 6.23. The molecule has 1 fully saturated rings. The second-order valence-corrected chi connectivity index (χ2v) is 4.57. The number of nitrogens with one attached hydrogen (secondary N) is 3. The van der Waals surface area contributed by atoms with Gasteiger partial charge in [0, 0.05) is 12.2 Å². The molecule has 1 aliphatic rings. The molecule has 1 atom stereocenters. The maximum absolute atomic E-state index is 11.9. The molecule has 1 aromatic rings. The van der Waals surface area contributed by atoms with Gasteiger partial charge >= 0.3 is 0 Å². The Balaban J connectivity index is 1.91. The molecule has 1 aliphatic heterocycles. The molecule has 1 heterocycles. The molecule has 1 unspecified atom stereocenters. The third-order valence-electron chi connectivity index (χ3n) is 2.93. The first-order valence-corrected chi connectivity index (χ1v) is 6.23. The third kappa shape index (κ3) is 3.79. The Kier molecular flexibility index (Phi) is 4.31. The number of hydrogen-bond acceptors (Lipinski definition) is 4. The normalized spacial score (nSPS) is 18.2. The van der Waals surface area contributed by atoms with E-state index in [4.69, 9.17) is 5.73 Å². The highest BCUT2D eigenvalue weighted by Gasteiger charge is 2.23. The fraction of sp³-hybridized carbons (Fsp3) is 0.308. The minimum absolute atomic E-state index is 0.121. The van der Waals surface area contributed by atoms with E-state index in [1.807, 2.05) is 0 Å². The molecule has 0 spiro atoms. The van der Waals surface area contributed by atoms with E-state index >= 15 is 0 Å². The van der Waals surface area contributed by atoms with Crippen molar-refractivity contribution in [3.8, 4) is 0 Å². The van der Waals surface area contributed by atoms with E-state index in [9.17, 15) is 14.4 Å². The quantitative estimate of drug-likeness (QED) is 0.549. The van der Waals surface area contributed by atoms with Crippen LogP contribution in [0.15, 0.2) is 24.3 Å². The van der Waals surface area contributed by atoms with Crippen LogP contribution in [0.1, 0.15) is 5.56 Å². The molecule has 0 bridgehead atoms. The molecule has 0 saturated carbocycles. The van der Waals surface area contributed by atoms with Crippen molar-refractivity contribution >= 4 is 23.4 Å². The van der Waals surface area contributed by atoms with Crippen molar-refractivity contribution in [2.45, 2.75) is 12.5 Å². The summed E-state index contributed by atoms with van der Waals surface area (Å²) in [7, 11) is 0. The summed E-state index contributed by atoms with van der Waals surface area (Å²) in [5, 5.41) is 8.20. The lowest BCUT2D eigenvalue weighted by molar-refractivity contribution is -0.124. The average molecular weight is 276 g/mol. The SMILES string of the molecule is NC(=O)Cc1ccc(NC(=O)C2CNC(=O)CN2)cc1. The summed E-state index contributed by atoms with van der Waals surface area (Å²) in [4.78, 5) is 33.7. The summed E-state index contributed by atoms with van der Waals surface area (Å²) in [5.74, 6) is -0.735. The van der Waals surface area contributed by atoms with Crippen molar-refractivity contribution in [1.29, 1.82) is 0 Å². The van der Waals surface area contributed by atoms with Crippen LogP contribution in [0.5, 0.6) is 0 Å². The molecule has 0 radical (unpaired) electrons. The van der Waals surface area contributed by atoms with Crippen molar-refractivity contribution < 1.29 is 14.4 Å². The van der Waals surface area contributed by atoms with Crippen molar-refractivity contribution in [2.75, 3.05) is 18.4 Å². The zero-order chi connectivity index (χ0) is 14.5. The number of amides is 3. The molecule has 3 amide bonds. The number of benzene rings is 1. The Morgan fingerprint density at radius 3 is 2.55 bits per heavy atom. The van der Waals surface area contributed by atoms with Gasteiger partial charge in [0.2, 0.25) is 17.7 Å². The zero-order valence-corrected chi connectivity index (χ0v) is 10.8. The first kappa shape index (κ1) is 14.0.